The maximum atomic E-state index is 13.3. The third-order valence-corrected chi connectivity index (χ3v) is 11.6. The van der Waals surface area contributed by atoms with Gasteiger partial charge >= 0.3 is 0 Å². The van der Waals surface area contributed by atoms with Crippen molar-refractivity contribution in [2.24, 2.45) is 4.99 Å². The topological polar surface area (TPSA) is 105 Å². The molecule has 50 heavy (non-hydrogen) atoms. The van der Waals surface area contributed by atoms with Crippen LogP contribution in [0.25, 0.3) is 11.1 Å². The van der Waals surface area contributed by atoms with Crippen molar-refractivity contribution in [2.45, 2.75) is 115 Å². The van der Waals surface area contributed by atoms with E-state index in [1.807, 2.05) is 33.0 Å². The first-order valence-corrected chi connectivity index (χ1v) is 19.9. The lowest BCUT2D eigenvalue weighted by atomic mass is 9.92. The van der Waals surface area contributed by atoms with Gasteiger partial charge in [-0.25, -0.2) is 13.4 Å². The number of nitrogens with one attached hydrogen (secondary N) is 3. The fourth-order valence-corrected chi connectivity index (χ4v) is 7.71. The van der Waals surface area contributed by atoms with Crippen molar-refractivity contribution in [1.29, 1.82) is 0 Å². The molecule has 9 heteroatoms. The van der Waals surface area contributed by atoms with Crippen LogP contribution in [-0.2, 0) is 9.84 Å². The number of benzene rings is 2. The summed E-state index contributed by atoms with van der Waals surface area (Å²) >= 11 is 0. The summed E-state index contributed by atoms with van der Waals surface area (Å²) in [7, 11) is -3.52. The molecule has 1 atom stereocenters. The first kappa shape index (κ1) is 37.3. The predicted molar refractivity (Wildman–Crippen MR) is 208 cm³/mol. The first-order chi connectivity index (χ1) is 24.0. The second-order valence-electron chi connectivity index (χ2n) is 14.1. The minimum absolute atomic E-state index is 0.0182. The van der Waals surface area contributed by atoms with Crippen LogP contribution in [-0.4, -0.2) is 43.7 Å². The van der Waals surface area contributed by atoms with Crippen LogP contribution in [0.2, 0.25) is 0 Å². The Morgan fingerprint density at radius 3 is 2.44 bits per heavy atom. The minimum atomic E-state index is -3.52. The summed E-state index contributed by atoms with van der Waals surface area (Å²) in [5.74, 6) is 2.62. The van der Waals surface area contributed by atoms with E-state index in [0.717, 1.165) is 71.9 Å². The Kier molecular flexibility index (Phi) is 12.9. The van der Waals surface area contributed by atoms with Crippen molar-refractivity contribution in [2.75, 3.05) is 23.7 Å². The zero-order valence-electron chi connectivity index (χ0n) is 30.7. The van der Waals surface area contributed by atoms with Crippen LogP contribution in [0.3, 0.4) is 0 Å². The Hall–Kier alpha value is -3.95. The van der Waals surface area contributed by atoms with Gasteiger partial charge in [-0.15, -0.1) is 0 Å². The molecule has 8 nitrogen and oxygen atoms in total. The summed E-state index contributed by atoms with van der Waals surface area (Å²) in [5.41, 5.74) is 6.70. The van der Waals surface area contributed by atoms with Crippen LogP contribution in [0.4, 0.5) is 11.4 Å². The first-order valence-electron chi connectivity index (χ1n) is 18.3. The second-order valence-corrected chi connectivity index (χ2v) is 16.6. The molecule has 5 rings (SSSR count). The standard InChI is InChI=1S/C41H55N5O3S/c1-28(2)49-38-25-31(6)34(33-21-22-35(43-27-33)32-16-12-13-23-42-24-14-17-32)26-37(38)44-40-20-9-7-8-15-30(5)41(46-40)45-36-18-10-11-19-39(36)50(47,48)29(3)4/h8,10-11,15,18-19,21-22,25-29,32,42,45H,7,9,12-14,16-17,20,23-24H2,1-6H3,(H,44,46)/b15-8-,41-30-. The van der Waals surface area contributed by atoms with E-state index in [2.05, 4.69) is 59.3 Å². The van der Waals surface area contributed by atoms with E-state index in [1.165, 1.54) is 31.4 Å². The number of rotatable bonds is 9. The van der Waals surface area contributed by atoms with Crippen LogP contribution < -0.4 is 20.7 Å². The van der Waals surface area contributed by atoms with E-state index in [1.54, 1.807) is 32.0 Å². The highest BCUT2D eigenvalue weighted by atomic mass is 32.2. The van der Waals surface area contributed by atoms with Crippen molar-refractivity contribution >= 4 is 27.0 Å². The lowest BCUT2D eigenvalue weighted by Crippen LogP contribution is -2.18. The molecule has 2 aliphatic heterocycles. The number of nitrogens with zero attached hydrogens (tertiary/aromatic N) is 2. The number of amidine groups is 1. The highest BCUT2D eigenvalue weighted by molar-refractivity contribution is 7.92. The maximum Gasteiger partial charge on any atom is 0.182 e. The summed E-state index contributed by atoms with van der Waals surface area (Å²) in [4.78, 5) is 10.4. The second kappa shape index (κ2) is 17.3. The van der Waals surface area contributed by atoms with Crippen molar-refractivity contribution in [3.8, 4) is 16.9 Å². The van der Waals surface area contributed by atoms with Crippen LogP contribution in [0.5, 0.6) is 5.75 Å². The van der Waals surface area contributed by atoms with Gasteiger partial charge in [0.25, 0.3) is 0 Å². The SMILES string of the molecule is CC1=C(Nc2ccccc2S(=O)(=O)C(C)C)/N=C(/Nc2cc(-c3ccc(C4CCCCNCCC4)nc3)c(C)cc2OC(C)C)CCC/C=C\1. The largest absolute Gasteiger partial charge is 0.489 e. The fourth-order valence-electron chi connectivity index (χ4n) is 6.50. The Bertz CT molecular complexity index is 1800. The number of sulfone groups is 1. The number of hydrogen-bond donors (Lipinski definition) is 3. The van der Waals surface area contributed by atoms with Gasteiger partial charge in [-0.2, -0.15) is 0 Å². The Morgan fingerprint density at radius 2 is 1.68 bits per heavy atom. The molecule has 1 fully saturated rings. The van der Waals surface area contributed by atoms with E-state index in [0.29, 0.717) is 23.8 Å². The zero-order valence-corrected chi connectivity index (χ0v) is 31.5. The Balaban J connectivity index is 1.49. The Labute approximate surface area is 299 Å². The monoisotopic (exact) mass is 697 g/mol. The maximum absolute atomic E-state index is 13.3. The van der Waals surface area contributed by atoms with Gasteiger partial charge in [-0.1, -0.05) is 36.8 Å². The third-order valence-electron chi connectivity index (χ3n) is 9.39. The molecule has 1 saturated heterocycles. The third kappa shape index (κ3) is 9.63. The molecule has 1 unspecified atom stereocenters. The van der Waals surface area contributed by atoms with Gasteiger partial charge in [0.15, 0.2) is 9.84 Å². The minimum Gasteiger partial charge on any atom is -0.489 e. The Morgan fingerprint density at radius 1 is 0.900 bits per heavy atom. The number of para-hydroxylation sites is 1. The van der Waals surface area contributed by atoms with E-state index in [-0.39, 0.29) is 11.0 Å². The van der Waals surface area contributed by atoms with Crippen molar-refractivity contribution in [1.82, 2.24) is 10.3 Å². The number of anilines is 2. The summed E-state index contributed by atoms with van der Waals surface area (Å²) < 4.78 is 32.9. The number of aromatic nitrogens is 1. The number of allylic oxidation sites excluding steroid dienone is 3. The van der Waals surface area contributed by atoms with E-state index in [4.69, 9.17) is 14.7 Å². The predicted octanol–water partition coefficient (Wildman–Crippen LogP) is 9.56. The van der Waals surface area contributed by atoms with Gasteiger partial charge in [0.1, 0.15) is 17.4 Å². The fraction of sp³-hybridized carbons (Fsp3) is 0.463. The molecule has 0 spiro atoms. The molecule has 3 heterocycles. The van der Waals surface area contributed by atoms with Crippen LogP contribution in [0, 0.1) is 6.92 Å². The van der Waals surface area contributed by atoms with Gasteiger partial charge in [-0.3, -0.25) is 4.98 Å². The quantitative estimate of drug-likeness (QED) is 0.205. The highest BCUT2D eigenvalue weighted by Crippen LogP contribution is 2.36. The number of pyridine rings is 1. The summed E-state index contributed by atoms with van der Waals surface area (Å²) in [5, 5.41) is 10.0. The normalized spacial score (nSPS) is 21.1. The average molecular weight is 698 g/mol. The molecule has 0 aliphatic carbocycles. The molecule has 2 aromatic carbocycles. The number of ether oxygens (including phenoxy) is 1. The molecule has 1 aromatic heterocycles. The smallest absolute Gasteiger partial charge is 0.182 e. The van der Waals surface area contributed by atoms with Crippen molar-refractivity contribution in [3.63, 3.8) is 0 Å². The number of aryl methyl sites for hydroxylation is 1. The molecule has 2 aliphatic rings. The molecular formula is C41H55N5O3S. The van der Waals surface area contributed by atoms with Gasteiger partial charge in [-0.05, 0) is 140 Å². The molecule has 3 N–H and O–H groups in total. The molecule has 268 valence electrons. The highest BCUT2D eigenvalue weighted by Gasteiger charge is 2.23. The molecule has 0 bridgehead atoms. The van der Waals surface area contributed by atoms with Gasteiger partial charge in [0, 0.05) is 29.8 Å². The molecular weight excluding hydrogens is 643 g/mol. The molecule has 3 aromatic rings. The van der Waals surface area contributed by atoms with Gasteiger partial charge in [0.05, 0.1) is 27.6 Å². The number of hydrogen-bond acceptors (Lipinski definition) is 8. The lowest BCUT2D eigenvalue weighted by molar-refractivity contribution is 0.243. The van der Waals surface area contributed by atoms with Crippen LogP contribution in [0.1, 0.15) is 103 Å². The van der Waals surface area contributed by atoms with Crippen molar-refractivity contribution in [3.05, 3.63) is 89.5 Å². The van der Waals surface area contributed by atoms with Gasteiger partial charge < -0.3 is 20.7 Å². The van der Waals surface area contributed by atoms with E-state index in [9.17, 15) is 8.42 Å². The summed E-state index contributed by atoms with van der Waals surface area (Å²) in [6, 6.07) is 15.7. The molecule has 0 saturated carbocycles. The summed E-state index contributed by atoms with van der Waals surface area (Å²) in [6.45, 7) is 13.8. The lowest BCUT2D eigenvalue weighted by Gasteiger charge is -2.21. The van der Waals surface area contributed by atoms with Crippen molar-refractivity contribution < 1.29 is 13.2 Å². The van der Waals surface area contributed by atoms with Crippen LogP contribution in [0.15, 0.2) is 88.2 Å². The van der Waals surface area contributed by atoms with Gasteiger partial charge in [0.2, 0.25) is 0 Å². The zero-order chi connectivity index (χ0) is 35.7. The average Bonchev–Trinajstić information content (AvgIpc) is 3.27. The summed E-state index contributed by atoms with van der Waals surface area (Å²) in [6.07, 6.45) is 14.7. The molecule has 0 radical (unpaired) electrons. The van der Waals surface area contributed by atoms with Crippen LogP contribution >= 0.6 is 0 Å². The van der Waals surface area contributed by atoms with E-state index >= 15 is 0 Å². The number of aliphatic imine (C=N–C) groups is 1. The molecule has 0 amide bonds. The van der Waals surface area contributed by atoms with E-state index < -0.39 is 15.1 Å².